The van der Waals surface area contributed by atoms with Crippen molar-refractivity contribution in [3.05, 3.63) is 24.0 Å². The van der Waals surface area contributed by atoms with E-state index in [0.29, 0.717) is 6.54 Å². The van der Waals surface area contributed by atoms with Crippen LogP contribution in [-0.2, 0) is 10.0 Å². The van der Waals surface area contributed by atoms with Gasteiger partial charge >= 0.3 is 0 Å². The molecule has 0 atom stereocenters. The Labute approximate surface area is 114 Å². The lowest BCUT2D eigenvalue weighted by atomic mass is 10.3. The van der Waals surface area contributed by atoms with E-state index in [1.54, 1.807) is 6.07 Å². The smallest absolute Gasteiger partial charge is 0.243 e. The van der Waals surface area contributed by atoms with Crippen molar-refractivity contribution < 1.29 is 8.42 Å². The number of pyridine rings is 1. The van der Waals surface area contributed by atoms with E-state index in [2.05, 4.69) is 9.71 Å². The van der Waals surface area contributed by atoms with E-state index < -0.39 is 10.0 Å². The van der Waals surface area contributed by atoms with Gasteiger partial charge in [-0.1, -0.05) is 0 Å². The summed E-state index contributed by atoms with van der Waals surface area (Å²) in [5.41, 5.74) is -0.0803. The second-order valence-corrected chi connectivity index (χ2v) is 6.11. The van der Waals surface area contributed by atoms with E-state index in [1.807, 2.05) is 19.0 Å². The average Bonchev–Trinajstić information content (AvgIpc) is 2.37. The van der Waals surface area contributed by atoms with Crippen LogP contribution in [0.5, 0.6) is 0 Å². The third-order valence-corrected chi connectivity index (χ3v) is 3.98. The molecule has 0 saturated heterocycles. The predicted molar refractivity (Wildman–Crippen MR) is 71.9 cm³/mol. The van der Waals surface area contributed by atoms with E-state index in [9.17, 15) is 8.42 Å². The lowest BCUT2D eigenvalue weighted by Gasteiger charge is -2.10. The number of aromatic nitrogens is 1. The van der Waals surface area contributed by atoms with Crippen LogP contribution in [0.2, 0.25) is 0 Å². The standard InChI is InChI=1S/C12H18N4O2S/c1-16(2)9-4-3-8-15-19(17,18)12-6-5-7-14-11(12)10-13/h5-7,15H,3-4,8-9H2,1-2H3. The molecule has 0 fully saturated rings. The van der Waals surface area contributed by atoms with Gasteiger partial charge in [-0.3, -0.25) is 0 Å². The minimum absolute atomic E-state index is 0.0647. The number of unbranched alkanes of at least 4 members (excludes halogenated alkanes) is 1. The van der Waals surface area contributed by atoms with Gasteiger partial charge in [0.25, 0.3) is 0 Å². The summed E-state index contributed by atoms with van der Waals surface area (Å²) in [6.45, 7) is 1.27. The fraction of sp³-hybridized carbons (Fsp3) is 0.500. The number of hydrogen-bond donors (Lipinski definition) is 1. The Bertz CT molecular complexity index is 549. The van der Waals surface area contributed by atoms with Gasteiger partial charge in [-0.2, -0.15) is 5.26 Å². The normalized spacial score (nSPS) is 11.5. The Balaban J connectivity index is 2.60. The maximum atomic E-state index is 12.0. The molecule has 0 aliphatic heterocycles. The van der Waals surface area contributed by atoms with Crippen LogP contribution in [0, 0.1) is 11.3 Å². The molecule has 1 N–H and O–H groups in total. The van der Waals surface area contributed by atoms with Gasteiger partial charge in [-0.15, -0.1) is 0 Å². The second-order valence-electron chi connectivity index (χ2n) is 4.37. The zero-order chi connectivity index (χ0) is 14.3. The first-order valence-electron chi connectivity index (χ1n) is 5.97. The van der Waals surface area contributed by atoms with Crippen LogP contribution in [0.25, 0.3) is 0 Å². The van der Waals surface area contributed by atoms with Crippen molar-refractivity contribution in [1.82, 2.24) is 14.6 Å². The molecule has 1 heterocycles. The van der Waals surface area contributed by atoms with Gasteiger partial charge in [0.2, 0.25) is 10.0 Å². The number of nitrogens with zero attached hydrogens (tertiary/aromatic N) is 3. The highest BCUT2D eigenvalue weighted by molar-refractivity contribution is 7.89. The van der Waals surface area contributed by atoms with Crippen molar-refractivity contribution in [3.63, 3.8) is 0 Å². The first-order chi connectivity index (χ1) is 8.97. The first-order valence-corrected chi connectivity index (χ1v) is 7.45. The predicted octanol–water partition coefficient (Wildman–Crippen LogP) is 0.573. The number of sulfonamides is 1. The monoisotopic (exact) mass is 282 g/mol. The van der Waals surface area contributed by atoms with Crippen LogP contribution in [-0.4, -0.2) is 45.5 Å². The lowest BCUT2D eigenvalue weighted by molar-refractivity contribution is 0.394. The summed E-state index contributed by atoms with van der Waals surface area (Å²) in [4.78, 5) is 5.72. The molecule has 1 aromatic heterocycles. The van der Waals surface area contributed by atoms with Crippen LogP contribution in [0.4, 0.5) is 0 Å². The fourth-order valence-corrected chi connectivity index (χ4v) is 2.71. The van der Waals surface area contributed by atoms with Crippen LogP contribution in [0.15, 0.2) is 23.2 Å². The van der Waals surface area contributed by atoms with Crippen molar-refractivity contribution in [2.45, 2.75) is 17.7 Å². The second kappa shape index (κ2) is 7.19. The maximum absolute atomic E-state index is 12.0. The summed E-state index contributed by atoms with van der Waals surface area (Å²) in [7, 11) is 0.290. The summed E-state index contributed by atoms with van der Waals surface area (Å²) < 4.78 is 26.5. The van der Waals surface area contributed by atoms with Crippen LogP contribution < -0.4 is 4.72 Å². The Kier molecular flexibility index (Phi) is 5.89. The zero-order valence-corrected chi connectivity index (χ0v) is 11.9. The van der Waals surface area contributed by atoms with Crippen LogP contribution >= 0.6 is 0 Å². The summed E-state index contributed by atoms with van der Waals surface area (Å²) in [6.07, 6.45) is 3.06. The largest absolute Gasteiger partial charge is 0.309 e. The van der Waals surface area contributed by atoms with Crippen molar-refractivity contribution in [3.8, 4) is 6.07 Å². The van der Waals surface area contributed by atoms with Gasteiger partial charge < -0.3 is 4.90 Å². The molecule has 0 unspecified atom stereocenters. The molecule has 6 nitrogen and oxygen atoms in total. The Hall–Kier alpha value is -1.49. The SMILES string of the molecule is CN(C)CCCCNS(=O)(=O)c1cccnc1C#N. The Morgan fingerprint density at radius 3 is 2.79 bits per heavy atom. The molecule has 0 aliphatic rings. The quantitative estimate of drug-likeness (QED) is 0.739. The molecule has 0 radical (unpaired) electrons. The molecule has 0 bridgehead atoms. The minimum atomic E-state index is -3.65. The van der Waals surface area contributed by atoms with Crippen LogP contribution in [0.1, 0.15) is 18.5 Å². The van der Waals surface area contributed by atoms with Crippen molar-refractivity contribution in [2.75, 3.05) is 27.2 Å². The van der Waals surface area contributed by atoms with Crippen LogP contribution in [0.3, 0.4) is 0 Å². The van der Waals surface area contributed by atoms with Gasteiger partial charge in [0, 0.05) is 12.7 Å². The molecule has 7 heteroatoms. The molecule has 1 rings (SSSR count). The topological polar surface area (TPSA) is 86.1 Å². The van der Waals surface area contributed by atoms with E-state index in [-0.39, 0.29) is 10.6 Å². The molecule has 0 aromatic carbocycles. The molecule has 0 aliphatic carbocycles. The highest BCUT2D eigenvalue weighted by Gasteiger charge is 2.18. The van der Waals surface area contributed by atoms with Crippen molar-refractivity contribution in [2.24, 2.45) is 0 Å². The Morgan fingerprint density at radius 1 is 1.42 bits per heavy atom. The third kappa shape index (κ3) is 4.95. The number of nitriles is 1. The summed E-state index contributed by atoms with van der Waals surface area (Å²) in [5, 5.41) is 8.84. The van der Waals surface area contributed by atoms with Crippen molar-refractivity contribution >= 4 is 10.0 Å². The summed E-state index contributed by atoms with van der Waals surface area (Å²) in [6, 6.07) is 4.67. The average molecular weight is 282 g/mol. The summed E-state index contributed by atoms with van der Waals surface area (Å²) >= 11 is 0. The highest BCUT2D eigenvalue weighted by atomic mass is 32.2. The van der Waals surface area contributed by atoms with E-state index in [0.717, 1.165) is 19.4 Å². The minimum Gasteiger partial charge on any atom is -0.309 e. The van der Waals surface area contributed by atoms with Gasteiger partial charge in [-0.05, 0) is 45.6 Å². The van der Waals surface area contributed by atoms with Gasteiger partial charge in [-0.25, -0.2) is 18.1 Å². The van der Waals surface area contributed by atoms with E-state index in [4.69, 9.17) is 5.26 Å². The van der Waals surface area contributed by atoms with Gasteiger partial charge in [0.05, 0.1) is 0 Å². The Morgan fingerprint density at radius 2 is 2.16 bits per heavy atom. The maximum Gasteiger partial charge on any atom is 0.243 e. The molecule has 0 saturated carbocycles. The fourth-order valence-electron chi connectivity index (χ4n) is 1.53. The number of rotatable bonds is 7. The zero-order valence-electron chi connectivity index (χ0n) is 11.1. The molecule has 0 amide bonds. The van der Waals surface area contributed by atoms with Gasteiger partial charge in [0.1, 0.15) is 11.0 Å². The number of nitrogens with one attached hydrogen (secondary N) is 1. The van der Waals surface area contributed by atoms with E-state index >= 15 is 0 Å². The molecule has 1 aromatic rings. The highest BCUT2D eigenvalue weighted by Crippen LogP contribution is 2.11. The lowest BCUT2D eigenvalue weighted by Crippen LogP contribution is -2.26. The molecule has 104 valence electrons. The first kappa shape index (κ1) is 15.6. The third-order valence-electron chi connectivity index (χ3n) is 2.49. The molecule has 19 heavy (non-hydrogen) atoms. The molecular formula is C12H18N4O2S. The molecular weight excluding hydrogens is 264 g/mol. The number of hydrogen-bond acceptors (Lipinski definition) is 5. The molecule has 0 spiro atoms. The van der Waals surface area contributed by atoms with Gasteiger partial charge in [0.15, 0.2) is 5.69 Å². The summed E-state index contributed by atoms with van der Waals surface area (Å²) in [5.74, 6) is 0. The van der Waals surface area contributed by atoms with E-state index in [1.165, 1.54) is 18.3 Å². The van der Waals surface area contributed by atoms with Crippen molar-refractivity contribution in [1.29, 1.82) is 5.26 Å².